The lowest BCUT2D eigenvalue weighted by Crippen LogP contribution is -2.30. The third-order valence-corrected chi connectivity index (χ3v) is 13.7. The molecule has 0 aromatic heterocycles. The molecule has 0 heterocycles. The van der Waals surface area contributed by atoms with E-state index in [0.717, 1.165) is 64.2 Å². The highest BCUT2D eigenvalue weighted by atomic mass is 16.6. The summed E-state index contributed by atoms with van der Waals surface area (Å²) in [5, 5.41) is 0. The molecule has 0 aliphatic heterocycles. The third-order valence-electron chi connectivity index (χ3n) is 13.7. The zero-order valence-electron chi connectivity index (χ0n) is 48.4. The SMILES string of the molecule is CCCCC/C=C\C/C=C\C/C=C\C/C=C\C/C=C\CCC(=O)OC[C@H](COC(=O)CCCCCCCCCCCCCCCCCCCCCCC)OC(=O)CCCCCCCCC/C=C\CCCCCC. The van der Waals surface area contributed by atoms with Crippen molar-refractivity contribution in [1.82, 2.24) is 0 Å². The largest absolute Gasteiger partial charge is 0.462 e. The van der Waals surface area contributed by atoms with Crippen molar-refractivity contribution in [2.24, 2.45) is 0 Å². The molecule has 0 rings (SSSR count). The Kier molecular flexibility index (Phi) is 58.7. The van der Waals surface area contributed by atoms with Crippen LogP contribution in [0.2, 0.25) is 0 Å². The van der Waals surface area contributed by atoms with Gasteiger partial charge in [0.2, 0.25) is 0 Å². The molecule has 1 atom stereocenters. The molecule has 0 aromatic carbocycles. The van der Waals surface area contributed by atoms with Gasteiger partial charge in [-0.15, -0.1) is 0 Å². The van der Waals surface area contributed by atoms with Gasteiger partial charge in [0, 0.05) is 19.3 Å². The summed E-state index contributed by atoms with van der Waals surface area (Å²) < 4.78 is 16.8. The molecule has 0 bridgehead atoms. The fraction of sp³-hybridized carbons (Fsp3) is 0.776. The van der Waals surface area contributed by atoms with Crippen LogP contribution in [0.1, 0.15) is 316 Å². The van der Waals surface area contributed by atoms with Gasteiger partial charge in [-0.25, -0.2) is 0 Å². The highest BCUT2D eigenvalue weighted by Crippen LogP contribution is 2.17. The second kappa shape index (κ2) is 61.4. The predicted octanol–water partition coefficient (Wildman–Crippen LogP) is 21.3. The van der Waals surface area contributed by atoms with Crippen LogP contribution in [0.3, 0.4) is 0 Å². The van der Waals surface area contributed by atoms with Gasteiger partial charge in [-0.1, -0.05) is 286 Å². The van der Waals surface area contributed by atoms with E-state index in [2.05, 4.69) is 87.6 Å². The number of carbonyl (C=O) groups excluding carboxylic acids is 3. The van der Waals surface area contributed by atoms with Crippen LogP contribution in [0.25, 0.3) is 0 Å². The standard InChI is InChI=1S/C67H118O6/c1-4-7-10-13-16-19-22-25-28-30-32-33-35-37-40-42-45-48-51-54-57-60-66(69)72-63-64(73-67(70)61-58-55-52-49-46-43-38-27-24-21-18-15-12-9-6-3)62-71-65(68)59-56-53-50-47-44-41-39-36-34-31-29-26-23-20-17-14-11-8-5-2/h17,20-21,24,26,29,34,36,41,44,50,53,64H,4-16,18-19,22-23,25,27-28,30-33,35,37-40,42-43,45-49,51-52,54-63H2,1-3H3/b20-17-,24-21-,29-26-,36-34-,44-41-,53-50-/t64-/m1/s1. The summed E-state index contributed by atoms with van der Waals surface area (Å²) in [7, 11) is 0. The maximum absolute atomic E-state index is 12.9. The highest BCUT2D eigenvalue weighted by molar-refractivity contribution is 5.71. The average Bonchev–Trinajstić information content (AvgIpc) is 3.39. The molecular formula is C67H118O6. The molecule has 0 N–H and O–H groups in total. The Morgan fingerprint density at radius 1 is 0.274 bits per heavy atom. The summed E-state index contributed by atoms with van der Waals surface area (Å²) in [5.74, 6) is -0.974. The summed E-state index contributed by atoms with van der Waals surface area (Å²) in [4.78, 5) is 38.2. The Balaban J connectivity index is 4.42. The molecular weight excluding hydrogens is 901 g/mol. The fourth-order valence-corrected chi connectivity index (χ4v) is 8.95. The Labute approximate surface area is 453 Å². The second-order valence-corrected chi connectivity index (χ2v) is 21.0. The first-order chi connectivity index (χ1) is 36.0. The van der Waals surface area contributed by atoms with Crippen LogP contribution >= 0.6 is 0 Å². The van der Waals surface area contributed by atoms with Crippen molar-refractivity contribution < 1.29 is 28.6 Å². The van der Waals surface area contributed by atoms with Crippen molar-refractivity contribution in [3.8, 4) is 0 Å². The van der Waals surface area contributed by atoms with Crippen molar-refractivity contribution in [2.45, 2.75) is 322 Å². The van der Waals surface area contributed by atoms with Gasteiger partial charge in [-0.2, -0.15) is 0 Å². The van der Waals surface area contributed by atoms with Gasteiger partial charge in [0.25, 0.3) is 0 Å². The molecule has 0 fully saturated rings. The van der Waals surface area contributed by atoms with Gasteiger partial charge in [-0.05, 0) is 83.5 Å². The molecule has 0 saturated carbocycles. The molecule has 0 spiro atoms. The Bertz CT molecular complexity index is 1360. The third kappa shape index (κ3) is 59.6. The van der Waals surface area contributed by atoms with Crippen LogP contribution in [-0.4, -0.2) is 37.2 Å². The molecule has 0 aromatic rings. The van der Waals surface area contributed by atoms with Crippen LogP contribution in [-0.2, 0) is 28.6 Å². The smallest absolute Gasteiger partial charge is 0.306 e. The molecule has 0 saturated heterocycles. The predicted molar refractivity (Wildman–Crippen MR) is 316 cm³/mol. The average molecular weight is 1020 g/mol. The number of carbonyl (C=O) groups is 3. The molecule has 6 nitrogen and oxygen atoms in total. The van der Waals surface area contributed by atoms with E-state index >= 15 is 0 Å². The molecule has 73 heavy (non-hydrogen) atoms. The summed E-state index contributed by atoms with van der Waals surface area (Å²) in [6, 6.07) is 0. The van der Waals surface area contributed by atoms with Crippen LogP contribution in [0.15, 0.2) is 72.9 Å². The van der Waals surface area contributed by atoms with Gasteiger partial charge < -0.3 is 14.2 Å². The summed E-state index contributed by atoms with van der Waals surface area (Å²) in [6.45, 7) is 6.57. The molecule has 6 heteroatoms. The zero-order valence-corrected chi connectivity index (χ0v) is 48.4. The first-order valence-corrected chi connectivity index (χ1v) is 31.4. The molecule has 422 valence electrons. The molecule has 0 aliphatic carbocycles. The van der Waals surface area contributed by atoms with Crippen LogP contribution < -0.4 is 0 Å². The van der Waals surface area contributed by atoms with Crippen molar-refractivity contribution in [2.75, 3.05) is 13.2 Å². The van der Waals surface area contributed by atoms with Gasteiger partial charge in [-0.3, -0.25) is 14.4 Å². The van der Waals surface area contributed by atoms with E-state index in [-0.39, 0.29) is 37.5 Å². The number of ether oxygens (including phenoxy) is 3. The van der Waals surface area contributed by atoms with Gasteiger partial charge in [0.15, 0.2) is 6.10 Å². The van der Waals surface area contributed by atoms with Crippen molar-refractivity contribution in [3.63, 3.8) is 0 Å². The normalized spacial score (nSPS) is 12.5. The molecule has 0 radical (unpaired) electrons. The highest BCUT2D eigenvalue weighted by Gasteiger charge is 2.19. The first-order valence-electron chi connectivity index (χ1n) is 31.4. The zero-order chi connectivity index (χ0) is 52.9. The lowest BCUT2D eigenvalue weighted by atomic mass is 10.0. The topological polar surface area (TPSA) is 78.9 Å². The van der Waals surface area contributed by atoms with E-state index in [1.807, 2.05) is 6.08 Å². The number of hydrogen-bond donors (Lipinski definition) is 0. The van der Waals surface area contributed by atoms with Crippen molar-refractivity contribution in [1.29, 1.82) is 0 Å². The lowest BCUT2D eigenvalue weighted by molar-refractivity contribution is -0.166. The van der Waals surface area contributed by atoms with E-state index in [1.165, 1.54) is 205 Å². The van der Waals surface area contributed by atoms with Crippen LogP contribution in [0.5, 0.6) is 0 Å². The molecule has 0 aliphatic rings. The van der Waals surface area contributed by atoms with Gasteiger partial charge in [0.1, 0.15) is 13.2 Å². The number of rotatable bonds is 57. The summed E-state index contributed by atoms with van der Waals surface area (Å²) in [6.07, 6.45) is 79.1. The summed E-state index contributed by atoms with van der Waals surface area (Å²) in [5.41, 5.74) is 0. The maximum Gasteiger partial charge on any atom is 0.306 e. The number of hydrogen-bond acceptors (Lipinski definition) is 6. The molecule has 0 unspecified atom stereocenters. The van der Waals surface area contributed by atoms with E-state index in [9.17, 15) is 14.4 Å². The Morgan fingerprint density at radius 3 is 0.904 bits per heavy atom. The maximum atomic E-state index is 12.9. The minimum atomic E-state index is -0.807. The van der Waals surface area contributed by atoms with E-state index in [0.29, 0.717) is 19.3 Å². The minimum Gasteiger partial charge on any atom is -0.462 e. The second-order valence-electron chi connectivity index (χ2n) is 21.0. The van der Waals surface area contributed by atoms with Gasteiger partial charge in [0.05, 0.1) is 0 Å². The number of esters is 3. The Morgan fingerprint density at radius 2 is 0.521 bits per heavy atom. The molecule has 0 amide bonds. The van der Waals surface area contributed by atoms with Crippen LogP contribution in [0.4, 0.5) is 0 Å². The summed E-state index contributed by atoms with van der Waals surface area (Å²) >= 11 is 0. The van der Waals surface area contributed by atoms with Gasteiger partial charge >= 0.3 is 17.9 Å². The quantitative estimate of drug-likeness (QED) is 0.0261. The van der Waals surface area contributed by atoms with E-state index in [4.69, 9.17) is 14.2 Å². The monoisotopic (exact) mass is 1020 g/mol. The van der Waals surface area contributed by atoms with E-state index in [1.54, 1.807) is 0 Å². The fourth-order valence-electron chi connectivity index (χ4n) is 8.95. The van der Waals surface area contributed by atoms with Crippen LogP contribution in [0, 0.1) is 0 Å². The first kappa shape index (κ1) is 69.8. The minimum absolute atomic E-state index is 0.0971. The van der Waals surface area contributed by atoms with E-state index < -0.39 is 6.10 Å². The Hall–Kier alpha value is -3.15. The number of allylic oxidation sites excluding steroid dienone is 12. The number of unbranched alkanes of at least 4 members (excludes halogenated alkanes) is 34. The lowest BCUT2D eigenvalue weighted by Gasteiger charge is -2.18. The van der Waals surface area contributed by atoms with Crippen molar-refractivity contribution >= 4 is 17.9 Å². The van der Waals surface area contributed by atoms with Crippen molar-refractivity contribution in [3.05, 3.63) is 72.9 Å².